The first-order valence-electron chi connectivity index (χ1n) is 11.6. The van der Waals surface area contributed by atoms with E-state index in [0.29, 0.717) is 44.2 Å². The predicted molar refractivity (Wildman–Crippen MR) is 149 cm³/mol. The van der Waals surface area contributed by atoms with Gasteiger partial charge in [0.2, 0.25) is 11.8 Å². The number of nitrogens with one attached hydrogen (secondary N) is 1. The molecule has 3 aromatic carbocycles. The molecule has 0 fully saturated rings. The summed E-state index contributed by atoms with van der Waals surface area (Å²) in [6.07, 6.45) is 0.347. The first kappa shape index (κ1) is 28.3. The summed E-state index contributed by atoms with van der Waals surface area (Å²) in [6, 6.07) is 19.0. The molecule has 8 heteroatoms. The number of halogens is 4. The van der Waals surface area contributed by atoms with E-state index in [9.17, 15) is 9.59 Å². The number of amides is 2. The van der Waals surface area contributed by atoms with Gasteiger partial charge >= 0.3 is 0 Å². The van der Waals surface area contributed by atoms with Crippen LogP contribution in [0.25, 0.3) is 0 Å². The standard InChI is InChI=1S/C28H28Cl4N2O2/c1-18(2)16-33-28(36)26(12-19-6-4-3-5-7-19)34(17-21-9-11-23(30)15-25(21)32)27(35)13-20-8-10-22(29)14-24(20)31/h3-11,14-15,18,26H,12-13,16-17H2,1-2H3,(H,33,36). The van der Waals surface area contributed by atoms with Crippen molar-refractivity contribution in [1.29, 1.82) is 0 Å². The van der Waals surface area contributed by atoms with Crippen molar-refractivity contribution < 1.29 is 9.59 Å². The second-order valence-electron chi connectivity index (χ2n) is 9.01. The van der Waals surface area contributed by atoms with Crippen molar-refractivity contribution in [3.63, 3.8) is 0 Å². The Morgan fingerprint density at radius 1 is 0.833 bits per heavy atom. The van der Waals surface area contributed by atoms with Crippen molar-refractivity contribution in [2.45, 2.75) is 39.3 Å². The lowest BCUT2D eigenvalue weighted by Gasteiger charge is -2.32. The maximum absolute atomic E-state index is 13.8. The van der Waals surface area contributed by atoms with Gasteiger partial charge in [-0.2, -0.15) is 0 Å². The van der Waals surface area contributed by atoms with Crippen molar-refractivity contribution in [2.75, 3.05) is 6.54 Å². The van der Waals surface area contributed by atoms with E-state index in [2.05, 4.69) is 5.32 Å². The summed E-state index contributed by atoms with van der Waals surface area (Å²) >= 11 is 25.0. The quantitative estimate of drug-likeness (QED) is 0.281. The first-order chi connectivity index (χ1) is 17.1. The van der Waals surface area contributed by atoms with E-state index in [4.69, 9.17) is 46.4 Å². The zero-order valence-corrected chi connectivity index (χ0v) is 23.1. The molecule has 1 N–H and O–H groups in total. The molecule has 36 heavy (non-hydrogen) atoms. The average Bonchev–Trinajstić information content (AvgIpc) is 2.83. The van der Waals surface area contributed by atoms with Gasteiger partial charge in [0.25, 0.3) is 0 Å². The molecule has 1 atom stereocenters. The van der Waals surface area contributed by atoms with Crippen molar-refractivity contribution in [3.05, 3.63) is 104 Å². The van der Waals surface area contributed by atoms with Gasteiger partial charge in [-0.1, -0.05) is 103 Å². The van der Waals surface area contributed by atoms with E-state index in [-0.39, 0.29) is 30.7 Å². The highest BCUT2D eigenvalue weighted by Crippen LogP contribution is 2.26. The summed E-state index contributed by atoms with van der Waals surface area (Å²) < 4.78 is 0. The molecular weight excluding hydrogens is 538 g/mol. The fraction of sp³-hybridized carbons (Fsp3) is 0.286. The lowest BCUT2D eigenvalue weighted by atomic mass is 10.0. The van der Waals surface area contributed by atoms with Crippen LogP contribution >= 0.6 is 46.4 Å². The number of rotatable bonds is 10. The Hall–Kier alpha value is -2.24. The first-order valence-corrected chi connectivity index (χ1v) is 13.1. The smallest absolute Gasteiger partial charge is 0.243 e. The largest absolute Gasteiger partial charge is 0.354 e. The fourth-order valence-corrected chi connectivity index (χ4v) is 4.68. The molecule has 0 heterocycles. The Labute approximate surface area is 232 Å². The highest BCUT2D eigenvalue weighted by atomic mass is 35.5. The van der Waals surface area contributed by atoms with Gasteiger partial charge in [0, 0.05) is 39.6 Å². The molecule has 2 amide bonds. The van der Waals surface area contributed by atoms with Gasteiger partial charge in [-0.15, -0.1) is 0 Å². The topological polar surface area (TPSA) is 49.4 Å². The van der Waals surface area contributed by atoms with Gasteiger partial charge in [0.15, 0.2) is 0 Å². The van der Waals surface area contributed by atoms with Crippen molar-refractivity contribution in [3.8, 4) is 0 Å². The third-order valence-electron chi connectivity index (χ3n) is 5.67. The van der Waals surface area contributed by atoms with Crippen LogP contribution < -0.4 is 5.32 Å². The van der Waals surface area contributed by atoms with E-state index in [0.717, 1.165) is 5.56 Å². The molecule has 0 bridgehead atoms. The Kier molecular flexibility index (Phi) is 10.5. The molecular formula is C28H28Cl4N2O2. The highest BCUT2D eigenvalue weighted by Gasteiger charge is 2.31. The molecule has 0 saturated heterocycles. The van der Waals surface area contributed by atoms with Crippen LogP contribution in [-0.2, 0) is 29.0 Å². The molecule has 0 radical (unpaired) electrons. The summed E-state index contributed by atoms with van der Waals surface area (Å²) in [5.41, 5.74) is 2.25. The van der Waals surface area contributed by atoms with E-state index >= 15 is 0 Å². The van der Waals surface area contributed by atoms with Crippen LogP contribution in [0.4, 0.5) is 0 Å². The van der Waals surface area contributed by atoms with Crippen LogP contribution in [0.15, 0.2) is 66.7 Å². The Balaban J connectivity index is 2.00. The molecule has 0 aliphatic rings. The van der Waals surface area contributed by atoms with Crippen LogP contribution in [0.1, 0.15) is 30.5 Å². The maximum Gasteiger partial charge on any atom is 0.243 e. The summed E-state index contributed by atoms with van der Waals surface area (Å²) in [5.74, 6) is -0.229. The predicted octanol–water partition coefficient (Wildman–Crippen LogP) is 7.26. The third kappa shape index (κ3) is 8.14. The van der Waals surface area contributed by atoms with Crippen molar-refractivity contribution >= 4 is 58.2 Å². The minimum Gasteiger partial charge on any atom is -0.354 e. The summed E-state index contributed by atoms with van der Waals surface area (Å²) in [6.45, 7) is 4.67. The Morgan fingerprint density at radius 2 is 1.42 bits per heavy atom. The van der Waals surface area contributed by atoms with Crippen LogP contribution in [0.2, 0.25) is 20.1 Å². The summed E-state index contributed by atoms with van der Waals surface area (Å²) in [7, 11) is 0. The lowest BCUT2D eigenvalue weighted by Crippen LogP contribution is -2.51. The zero-order valence-electron chi connectivity index (χ0n) is 20.1. The van der Waals surface area contributed by atoms with Gasteiger partial charge in [0.1, 0.15) is 6.04 Å². The Morgan fingerprint density at radius 3 is 1.97 bits per heavy atom. The van der Waals surface area contributed by atoms with Gasteiger partial charge in [-0.3, -0.25) is 9.59 Å². The zero-order chi connectivity index (χ0) is 26.2. The SMILES string of the molecule is CC(C)CNC(=O)C(Cc1ccccc1)N(Cc1ccc(Cl)cc1Cl)C(=O)Cc1ccc(Cl)cc1Cl. The number of hydrogen-bond acceptors (Lipinski definition) is 2. The highest BCUT2D eigenvalue weighted by molar-refractivity contribution is 6.35. The summed E-state index contributed by atoms with van der Waals surface area (Å²) in [5, 5.41) is 4.79. The minimum atomic E-state index is -0.767. The molecule has 4 nitrogen and oxygen atoms in total. The molecule has 1 unspecified atom stereocenters. The van der Waals surface area contributed by atoms with Crippen LogP contribution in [0.5, 0.6) is 0 Å². The fourth-order valence-electron chi connectivity index (χ4n) is 3.74. The normalized spacial score (nSPS) is 11.9. The van der Waals surface area contributed by atoms with E-state index in [1.807, 2.05) is 44.2 Å². The third-order valence-corrected chi connectivity index (χ3v) is 6.84. The number of carbonyl (C=O) groups is 2. The number of hydrogen-bond donors (Lipinski definition) is 1. The summed E-state index contributed by atoms with van der Waals surface area (Å²) in [4.78, 5) is 28.9. The molecule has 190 valence electrons. The molecule has 3 aromatic rings. The van der Waals surface area contributed by atoms with Gasteiger partial charge in [0.05, 0.1) is 6.42 Å². The van der Waals surface area contributed by atoms with E-state index < -0.39 is 6.04 Å². The average molecular weight is 566 g/mol. The number of carbonyl (C=O) groups excluding carboxylic acids is 2. The molecule has 0 aromatic heterocycles. The van der Waals surface area contributed by atoms with E-state index in [1.165, 1.54) is 0 Å². The molecule has 0 aliphatic heterocycles. The lowest BCUT2D eigenvalue weighted by molar-refractivity contribution is -0.140. The van der Waals surface area contributed by atoms with Crippen LogP contribution in [0.3, 0.4) is 0 Å². The minimum absolute atomic E-state index is 0.00393. The van der Waals surface area contributed by atoms with E-state index in [1.54, 1.807) is 41.3 Å². The maximum atomic E-state index is 13.8. The monoisotopic (exact) mass is 564 g/mol. The van der Waals surface area contributed by atoms with Crippen molar-refractivity contribution in [1.82, 2.24) is 10.2 Å². The van der Waals surface area contributed by atoms with Crippen LogP contribution in [-0.4, -0.2) is 29.3 Å². The van der Waals surface area contributed by atoms with Gasteiger partial charge in [-0.05, 0) is 46.9 Å². The molecule has 3 rings (SSSR count). The molecule has 0 saturated carbocycles. The molecule has 0 spiro atoms. The van der Waals surface area contributed by atoms with Gasteiger partial charge in [-0.25, -0.2) is 0 Å². The van der Waals surface area contributed by atoms with Gasteiger partial charge < -0.3 is 10.2 Å². The Bertz CT molecular complexity index is 1200. The van der Waals surface area contributed by atoms with Crippen molar-refractivity contribution in [2.24, 2.45) is 5.92 Å². The number of nitrogens with zero attached hydrogens (tertiary/aromatic N) is 1. The second kappa shape index (κ2) is 13.3. The molecule has 0 aliphatic carbocycles. The second-order valence-corrected chi connectivity index (χ2v) is 10.7. The number of benzene rings is 3. The van der Waals surface area contributed by atoms with Crippen LogP contribution in [0, 0.1) is 5.92 Å².